The van der Waals surface area contributed by atoms with Crippen molar-refractivity contribution in [1.82, 2.24) is 25.8 Å². The number of rotatable bonds is 8. The molecule has 1 atom stereocenters. The van der Waals surface area contributed by atoms with E-state index in [9.17, 15) is 9.59 Å². The van der Waals surface area contributed by atoms with Gasteiger partial charge in [0.25, 0.3) is 5.91 Å². The van der Waals surface area contributed by atoms with Crippen molar-refractivity contribution < 1.29 is 9.59 Å². The zero-order valence-corrected chi connectivity index (χ0v) is 24.0. The van der Waals surface area contributed by atoms with Gasteiger partial charge < -0.3 is 16.0 Å². The average Bonchev–Trinajstić information content (AvgIpc) is 3.49. The monoisotopic (exact) mass is 547 g/mol. The Morgan fingerprint density at radius 3 is 2.54 bits per heavy atom. The second-order valence-electron chi connectivity index (χ2n) is 11.0. The van der Waals surface area contributed by atoms with Gasteiger partial charge in [-0.2, -0.15) is 0 Å². The van der Waals surface area contributed by atoms with E-state index in [2.05, 4.69) is 39.2 Å². The highest BCUT2D eigenvalue weighted by atomic mass is 32.1. The lowest BCUT2D eigenvalue weighted by Gasteiger charge is -2.33. The number of urea groups is 1. The molecule has 2 fully saturated rings. The number of hydrogen-bond acceptors (Lipinski definition) is 5. The Morgan fingerprint density at radius 2 is 1.82 bits per heavy atom. The predicted molar refractivity (Wildman–Crippen MR) is 159 cm³/mol. The number of para-hydroxylation sites is 1. The van der Waals surface area contributed by atoms with Crippen molar-refractivity contribution >= 4 is 34.2 Å². The van der Waals surface area contributed by atoms with Crippen LogP contribution in [0.2, 0.25) is 0 Å². The summed E-state index contributed by atoms with van der Waals surface area (Å²) in [4.78, 5) is 34.7. The second-order valence-corrected chi connectivity index (χ2v) is 12.0. The van der Waals surface area contributed by atoms with E-state index in [1.807, 2.05) is 37.3 Å². The molecule has 1 aromatic carbocycles. The average molecular weight is 548 g/mol. The number of nitrogens with zero attached hydrogens (tertiary/aromatic N) is 2. The minimum atomic E-state index is -0.0966. The van der Waals surface area contributed by atoms with Crippen LogP contribution in [0.4, 0.5) is 4.79 Å². The maximum Gasteiger partial charge on any atom is 0.314 e. The Kier molecular flexibility index (Phi) is 9.14. The quantitative estimate of drug-likeness (QED) is 0.326. The molecule has 2 aliphatic rings. The number of carbonyl (C=O) groups is 2. The van der Waals surface area contributed by atoms with Crippen molar-refractivity contribution in [3.8, 4) is 10.6 Å². The number of amides is 3. The molecule has 5 rings (SSSR count). The zero-order valence-electron chi connectivity index (χ0n) is 23.2. The molecule has 0 unspecified atom stereocenters. The number of thiophene rings is 1. The molecule has 1 aliphatic heterocycles. The second kappa shape index (κ2) is 12.9. The van der Waals surface area contributed by atoms with Gasteiger partial charge in [-0.15, -0.1) is 11.3 Å². The fourth-order valence-electron chi connectivity index (χ4n) is 6.17. The van der Waals surface area contributed by atoms with Crippen LogP contribution in [0.15, 0.2) is 41.8 Å². The van der Waals surface area contributed by atoms with Gasteiger partial charge in [0.2, 0.25) is 0 Å². The van der Waals surface area contributed by atoms with Crippen LogP contribution < -0.4 is 16.0 Å². The van der Waals surface area contributed by atoms with Crippen LogP contribution in [0.1, 0.15) is 74.7 Å². The summed E-state index contributed by atoms with van der Waals surface area (Å²) < 4.78 is 0. The number of nitrogens with one attached hydrogen (secondary N) is 3. The van der Waals surface area contributed by atoms with Gasteiger partial charge in [-0.3, -0.25) is 9.69 Å². The summed E-state index contributed by atoms with van der Waals surface area (Å²) in [6, 6.07) is 12.4. The molecular formula is C31H41N5O2S. The molecule has 0 spiro atoms. The fraction of sp³-hybridized carbons (Fsp3) is 0.516. The van der Waals surface area contributed by atoms with E-state index in [1.54, 1.807) is 11.3 Å². The third-order valence-electron chi connectivity index (χ3n) is 8.33. The van der Waals surface area contributed by atoms with Gasteiger partial charge in [0.05, 0.1) is 21.7 Å². The van der Waals surface area contributed by atoms with Crippen LogP contribution in [0.3, 0.4) is 0 Å². The summed E-state index contributed by atoms with van der Waals surface area (Å²) in [5, 5.41) is 12.3. The van der Waals surface area contributed by atoms with Gasteiger partial charge in [-0.25, -0.2) is 9.78 Å². The van der Waals surface area contributed by atoms with E-state index in [0.717, 1.165) is 58.5 Å². The normalized spacial score (nSPS) is 18.1. The van der Waals surface area contributed by atoms with Crippen molar-refractivity contribution in [1.29, 1.82) is 0 Å². The minimum absolute atomic E-state index is 0.00673. The smallest absolute Gasteiger partial charge is 0.314 e. The van der Waals surface area contributed by atoms with Crippen molar-refractivity contribution in [2.45, 2.75) is 77.4 Å². The molecule has 1 saturated heterocycles. The number of hydrogen-bond donors (Lipinski definition) is 3. The highest BCUT2D eigenvalue weighted by Gasteiger charge is 2.28. The van der Waals surface area contributed by atoms with E-state index in [4.69, 9.17) is 4.98 Å². The zero-order chi connectivity index (χ0) is 27.2. The molecule has 3 N–H and O–H groups in total. The number of carbonyl (C=O) groups excluding carboxylic acids is 2. The van der Waals surface area contributed by atoms with Crippen molar-refractivity contribution in [3.05, 3.63) is 52.9 Å². The minimum Gasteiger partial charge on any atom is -0.349 e. The van der Waals surface area contributed by atoms with Crippen LogP contribution >= 0.6 is 11.3 Å². The van der Waals surface area contributed by atoms with Gasteiger partial charge in [0, 0.05) is 49.2 Å². The number of likely N-dealkylation sites (tertiary alicyclic amines) is 1. The number of benzene rings is 1. The first kappa shape index (κ1) is 27.6. The third kappa shape index (κ3) is 6.61. The number of pyridine rings is 1. The Hall–Kier alpha value is -2.97. The standard InChI is InChI=1S/C31H41N5O2S/c1-3-32-31(38)34-23-15-17-36(18-16-23)20-25-28(30(37)33-21(2)22-10-5-4-6-11-22)24-12-7-8-13-26(24)35-29(25)27-14-9-19-39-27/h7-9,12-14,19,21-23H,3-6,10-11,15-18,20H2,1-2H3,(H,33,37)(H2,32,34,38)/t21-/m0/s1. The Morgan fingerprint density at radius 1 is 1.05 bits per heavy atom. The first-order valence-electron chi connectivity index (χ1n) is 14.6. The van der Waals surface area contributed by atoms with Crippen molar-refractivity contribution in [2.24, 2.45) is 5.92 Å². The SMILES string of the molecule is CCNC(=O)NC1CCN(Cc2c(-c3cccs3)nc3ccccc3c2C(=O)N[C@@H](C)C2CCCCC2)CC1. The summed E-state index contributed by atoms with van der Waals surface area (Å²) >= 11 is 1.66. The molecular weight excluding hydrogens is 506 g/mol. The lowest BCUT2D eigenvalue weighted by Crippen LogP contribution is -2.47. The van der Waals surface area contributed by atoms with Gasteiger partial charge in [-0.1, -0.05) is 43.5 Å². The Bertz CT molecular complexity index is 1260. The van der Waals surface area contributed by atoms with Gasteiger partial charge >= 0.3 is 6.03 Å². The summed E-state index contributed by atoms with van der Waals surface area (Å²) in [6.07, 6.45) is 7.94. The molecule has 3 heterocycles. The van der Waals surface area contributed by atoms with Crippen LogP contribution in [0.5, 0.6) is 0 Å². The van der Waals surface area contributed by atoms with Crippen LogP contribution in [0, 0.1) is 5.92 Å². The van der Waals surface area contributed by atoms with Gasteiger partial charge in [-0.05, 0) is 63.0 Å². The van der Waals surface area contributed by atoms with Crippen LogP contribution in [-0.2, 0) is 6.54 Å². The molecule has 0 radical (unpaired) electrons. The Labute approximate surface area is 235 Å². The molecule has 208 valence electrons. The maximum absolute atomic E-state index is 14.1. The lowest BCUT2D eigenvalue weighted by molar-refractivity contribution is 0.0918. The van der Waals surface area contributed by atoms with Gasteiger partial charge in [0.1, 0.15) is 0 Å². The molecule has 39 heavy (non-hydrogen) atoms. The van der Waals surface area contributed by atoms with Crippen molar-refractivity contribution in [2.75, 3.05) is 19.6 Å². The topological polar surface area (TPSA) is 86.4 Å². The first-order chi connectivity index (χ1) is 19.0. The summed E-state index contributed by atoms with van der Waals surface area (Å²) in [5.41, 5.74) is 3.51. The lowest BCUT2D eigenvalue weighted by atomic mass is 9.84. The Balaban J connectivity index is 1.45. The molecule has 1 saturated carbocycles. The largest absolute Gasteiger partial charge is 0.349 e. The van der Waals surface area contributed by atoms with Gasteiger partial charge in [0.15, 0.2) is 0 Å². The highest BCUT2D eigenvalue weighted by Crippen LogP contribution is 2.35. The van der Waals surface area contributed by atoms with E-state index in [0.29, 0.717) is 19.0 Å². The van der Waals surface area contributed by atoms with E-state index < -0.39 is 0 Å². The molecule has 2 aromatic heterocycles. The number of aromatic nitrogens is 1. The first-order valence-corrected chi connectivity index (χ1v) is 15.4. The summed E-state index contributed by atoms with van der Waals surface area (Å²) in [7, 11) is 0. The summed E-state index contributed by atoms with van der Waals surface area (Å²) in [6.45, 7) is 7.08. The fourth-order valence-corrected chi connectivity index (χ4v) is 6.91. The molecule has 7 nitrogen and oxygen atoms in total. The number of piperidine rings is 1. The van der Waals surface area contributed by atoms with Crippen molar-refractivity contribution in [3.63, 3.8) is 0 Å². The highest BCUT2D eigenvalue weighted by molar-refractivity contribution is 7.13. The van der Waals surface area contributed by atoms with E-state index >= 15 is 0 Å². The maximum atomic E-state index is 14.1. The van der Waals surface area contributed by atoms with Crippen LogP contribution in [-0.4, -0.2) is 53.5 Å². The van der Waals surface area contributed by atoms with E-state index in [1.165, 1.54) is 32.1 Å². The van der Waals surface area contributed by atoms with E-state index in [-0.39, 0.29) is 24.0 Å². The number of fused-ring (bicyclic) bond motifs is 1. The summed E-state index contributed by atoms with van der Waals surface area (Å²) in [5.74, 6) is 0.541. The molecule has 0 bridgehead atoms. The molecule has 3 aromatic rings. The predicted octanol–water partition coefficient (Wildman–Crippen LogP) is 5.95. The molecule has 3 amide bonds. The van der Waals surface area contributed by atoms with Crippen LogP contribution in [0.25, 0.3) is 21.5 Å². The molecule has 8 heteroatoms. The third-order valence-corrected chi connectivity index (χ3v) is 9.21. The molecule has 1 aliphatic carbocycles.